The second-order valence-corrected chi connectivity index (χ2v) is 2.08. The zero-order chi connectivity index (χ0) is 10.1. The van der Waals surface area contributed by atoms with Gasteiger partial charge in [-0.1, -0.05) is 32.6 Å². The molecular weight excluding hydrogens is 160 g/mol. The largest absolute Gasteiger partial charge is 0.159 e. The molecule has 0 fully saturated rings. The molecule has 1 heterocycles. The van der Waals surface area contributed by atoms with Crippen LogP contribution in [0.1, 0.15) is 32.0 Å². The zero-order valence-electron chi connectivity index (χ0n) is 8.49. The van der Waals surface area contributed by atoms with Crippen molar-refractivity contribution in [2.45, 2.75) is 20.8 Å². The maximum Gasteiger partial charge on any atom is 0.0926 e. The van der Waals surface area contributed by atoms with E-state index in [0.717, 1.165) is 11.3 Å². The molecule has 0 unspecified atom stereocenters. The van der Waals surface area contributed by atoms with Crippen molar-refractivity contribution in [3.63, 3.8) is 0 Å². The summed E-state index contributed by atoms with van der Waals surface area (Å²) in [5.41, 5.74) is 1.88. The fraction of sp³-hybridized carbons (Fsp3) is 0.273. The van der Waals surface area contributed by atoms with Crippen molar-refractivity contribution in [3.05, 3.63) is 36.2 Å². The van der Waals surface area contributed by atoms with Gasteiger partial charge in [0.05, 0.1) is 11.9 Å². The number of rotatable bonds is 2. The molecule has 0 saturated carbocycles. The van der Waals surface area contributed by atoms with Gasteiger partial charge in [0, 0.05) is 5.56 Å². The van der Waals surface area contributed by atoms with Crippen LogP contribution in [0.2, 0.25) is 0 Å². The standard InChI is InChI=1S/C9H10N2.C2H6/c1-3-5-9-8(4-2)6-7-10-11-9;1-2/h3-7H,2H2,1H3;1-2H3/b5-3-;. The first kappa shape index (κ1) is 11.6. The SMILES string of the molecule is C=Cc1ccnnc1/C=C\C.CC. The van der Waals surface area contributed by atoms with Gasteiger partial charge in [0.25, 0.3) is 0 Å². The van der Waals surface area contributed by atoms with Crippen LogP contribution in [0.25, 0.3) is 12.2 Å². The lowest BCUT2D eigenvalue weighted by Gasteiger charge is -1.95. The normalized spacial score (nSPS) is 9.15. The average Bonchev–Trinajstić information content (AvgIpc) is 2.22. The number of allylic oxidation sites excluding steroid dienone is 1. The first-order chi connectivity index (χ1) is 6.38. The molecule has 0 N–H and O–H groups in total. The van der Waals surface area contributed by atoms with E-state index in [1.54, 1.807) is 12.3 Å². The molecule has 0 aliphatic heterocycles. The molecule has 70 valence electrons. The minimum absolute atomic E-state index is 0.866. The van der Waals surface area contributed by atoms with Crippen LogP contribution in [0.15, 0.2) is 24.9 Å². The fourth-order valence-corrected chi connectivity index (χ4v) is 0.812. The van der Waals surface area contributed by atoms with Crippen molar-refractivity contribution in [2.75, 3.05) is 0 Å². The van der Waals surface area contributed by atoms with Crippen molar-refractivity contribution in [3.8, 4) is 0 Å². The Bertz CT molecular complexity index is 277. The van der Waals surface area contributed by atoms with Gasteiger partial charge in [-0.05, 0) is 19.1 Å². The smallest absolute Gasteiger partial charge is 0.0926 e. The highest BCUT2D eigenvalue weighted by molar-refractivity contribution is 5.60. The van der Waals surface area contributed by atoms with Gasteiger partial charge in [-0.3, -0.25) is 0 Å². The van der Waals surface area contributed by atoms with Crippen molar-refractivity contribution >= 4 is 12.2 Å². The Morgan fingerprint density at radius 3 is 2.62 bits per heavy atom. The quantitative estimate of drug-likeness (QED) is 0.691. The molecular formula is C11H16N2. The van der Waals surface area contributed by atoms with Crippen LogP contribution in [-0.2, 0) is 0 Å². The maximum absolute atomic E-state index is 3.93. The van der Waals surface area contributed by atoms with Crippen LogP contribution >= 0.6 is 0 Å². The molecule has 0 amide bonds. The molecule has 0 aliphatic rings. The molecule has 1 aromatic heterocycles. The minimum atomic E-state index is 0.866. The molecule has 0 spiro atoms. The van der Waals surface area contributed by atoms with Gasteiger partial charge in [-0.2, -0.15) is 10.2 Å². The number of hydrogen-bond donors (Lipinski definition) is 0. The van der Waals surface area contributed by atoms with Gasteiger partial charge in [0.2, 0.25) is 0 Å². The lowest BCUT2D eigenvalue weighted by molar-refractivity contribution is 1.01. The lowest BCUT2D eigenvalue weighted by atomic mass is 10.2. The van der Waals surface area contributed by atoms with Crippen molar-refractivity contribution in [1.29, 1.82) is 0 Å². The van der Waals surface area contributed by atoms with E-state index < -0.39 is 0 Å². The number of nitrogens with zero attached hydrogens (tertiary/aromatic N) is 2. The highest BCUT2D eigenvalue weighted by Crippen LogP contribution is 2.06. The lowest BCUT2D eigenvalue weighted by Crippen LogP contribution is -1.87. The van der Waals surface area contributed by atoms with Gasteiger partial charge < -0.3 is 0 Å². The topological polar surface area (TPSA) is 25.8 Å². The summed E-state index contributed by atoms with van der Waals surface area (Å²) in [7, 11) is 0. The summed E-state index contributed by atoms with van der Waals surface area (Å²) in [5, 5.41) is 7.69. The zero-order valence-corrected chi connectivity index (χ0v) is 8.49. The molecule has 0 bridgehead atoms. The van der Waals surface area contributed by atoms with Gasteiger partial charge in [-0.15, -0.1) is 0 Å². The Labute approximate surface area is 80.0 Å². The van der Waals surface area contributed by atoms with E-state index in [2.05, 4.69) is 16.8 Å². The summed E-state index contributed by atoms with van der Waals surface area (Å²) in [6.07, 6.45) is 7.26. The van der Waals surface area contributed by atoms with E-state index in [-0.39, 0.29) is 0 Å². The predicted octanol–water partition coefficient (Wildman–Crippen LogP) is 3.18. The molecule has 0 aromatic carbocycles. The Hall–Kier alpha value is -1.44. The molecule has 2 heteroatoms. The van der Waals surface area contributed by atoms with Crippen molar-refractivity contribution in [2.24, 2.45) is 0 Å². The van der Waals surface area contributed by atoms with E-state index in [1.807, 2.05) is 39.0 Å². The first-order valence-electron chi connectivity index (χ1n) is 4.45. The van der Waals surface area contributed by atoms with Gasteiger partial charge in [0.15, 0.2) is 0 Å². The van der Waals surface area contributed by atoms with Crippen molar-refractivity contribution < 1.29 is 0 Å². The summed E-state index contributed by atoms with van der Waals surface area (Å²) in [6, 6.07) is 1.88. The summed E-state index contributed by atoms with van der Waals surface area (Å²) >= 11 is 0. The number of aromatic nitrogens is 2. The van der Waals surface area contributed by atoms with E-state index in [0.29, 0.717) is 0 Å². The molecule has 0 saturated heterocycles. The van der Waals surface area contributed by atoms with Crippen LogP contribution in [0.5, 0.6) is 0 Å². The van der Waals surface area contributed by atoms with Gasteiger partial charge in [-0.25, -0.2) is 0 Å². The summed E-state index contributed by atoms with van der Waals surface area (Å²) in [4.78, 5) is 0. The Balaban J connectivity index is 0.000000671. The summed E-state index contributed by atoms with van der Waals surface area (Å²) in [5.74, 6) is 0. The van der Waals surface area contributed by atoms with Gasteiger partial charge >= 0.3 is 0 Å². The van der Waals surface area contributed by atoms with Crippen molar-refractivity contribution in [1.82, 2.24) is 10.2 Å². The maximum atomic E-state index is 3.93. The monoisotopic (exact) mass is 176 g/mol. The van der Waals surface area contributed by atoms with Crippen LogP contribution < -0.4 is 0 Å². The summed E-state index contributed by atoms with van der Waals surface area (Å²) < 4.78 is 0. The third-order valence-electron chi connectivity index (χ3n) is 1.33. The highest BCUT2D eigenvalue weighted by atomic mass is 15.1. The second-order valence-electron chi connectivity index (χ2n) is 2.08. The van der Waals surface area contributed by atoms with E-state index in [9.17, 15) is 0 Å². The Kier molecular flexibility index (Phi) is 6.42. The molecule has 1 aromatic rings. The molecule has 13 heavy (non-hydrogen) atoms. The first-order valence-corrected chi connectivity index (χ1v) is 4.45. The molecule has 2 nitrogen and oxygen atoms in total. The fourth-order valence-electron chi connectivity index (χ4n) is 0.812. The van der Waals surface area contributed by atoms with Crippen LogP contribution in [0.4, 0.5) is 0 Å². The molecule has 0 radical (unpaired) electrons. The van der Waals surface area contributed by atoms with E-state index >= 15 is 0 Å². The summed E-state index contributed by atoms with van der Waals surface area (Å²) in [6.45, 7) is 9.62. The predicted molar refractivity (Wildman–Crippen MR) is 58.2 cm³/mol. The second kappa shape index (κ2) is 7.22. The van der Waals surface area contributed by atoms with Crippen LogP contribution in [0, 0.1) is 0 Å². The Morgan fingerprint density at radius 1 is 1.38 bits per heavy atom. The molecule has 1 rings (SSSR count). The van der Waals surface area contributed by atoms with Crippen LogP contribution in [0.3, 0.4) is 0 Å². The molecule has 0 aliphatic carbocycles. The highest BCUT2D eigenvalue weighted by Gasteiger charge is 1.93. The Morgan fingerprint density at radius 2 is 2.08 bits per heavy atom. The van der Waals surface area contributed by atoms with E-state index in [4.69, 9.17) is 0 Å². The number of hydrogen-bond acceptors (Lipinski definition) is 2. The third kappa shape index (κ3) is 3.65. The van der Waals surface area contributed by atoms with E-state index in [1.165, 1.54) is 0 Å². The minimum Gasteiger partial charge on any atom is -0.159 e. The third-order valence-corrected chi connectivity index (χ3v) is 1.33. The average molecular weight is 176 g/mol. The van der Waals surface area contributed by atoms with Crippen LogP contribution in [-0.4, -0.2) is 10.2 Å². The molecule has 0 atom stereocenters. The van der Waals surface area contributed by atoms with Gasteiger partial charge in [0.1, 0.15) is 0 Å².